The Morgan fingerprint density at radius 3 is 2.72 bits per heavy atom. The number of nitrogens with zero attached hydrogens (tertiary/aromatic N) is 2. The fraction of sp³-hybridized carbons (Fsp3) is 0.389. The number of likely N-dealkylation sites (N-methyl/N-ethyl adjacent to an activating group) is 1. The molecule has 0 N–H and O–H groups in total. The highest BCUT2D eigenvalue weighted by atomic mass is 32.2. The van der Waals surface area contributed by atoms with E-state index in [2.05, 4.69) is 4.99 Å². The van der Waals surface area contributed by atoms with Crippen molar-refractivity contribution in [3.05, 3.63) is 34.7 Å². The lowest BCUT2D eigenvalue weighted by molar-refractivity contribution is -0.145. The normalized spacial score (nSPS) is 17.4. The standard InChI is InChI=1S/C18H22N2O4S/c1-4-19-18-20(5-2)17(22)15(25-18)11-13-9-7-8-10-14(13)24-12-16(21)23-6-3/h7-11H,4-6,12H2,1-3H3/b15-11+,19-18?. The van der Waals surface area contributed by atoms with Crippen molar-refractivity contribution in [2.75, 3.05) is 26.3 Å². The number of benzene rings is 1. The summed E-state index contributed by atoms with van der Waals surface area (Å²) < 4.78 is 10.4. The molecule has 1 aliphatic rings. The molecule has 0 unspecified atom stereocenters. The number of thioether (sulfide) groups is 1. The van der Waals surface area contributed by atoms with E-state index >= 15 is 0 Å². The SMILES string of the molecule is CCN=C1S/C(=C/c2ccccc2OCC(=O)OCC)C(=O)N1CC. The van der Waals surface area contributed by atoms with Gasteiger partial charge in [-0.2, -0.15) is 0 Å². The van der Waals surface area contributed by atoms with Gasteiger partial charge in [0, 0.05) is 18.7 Å². The number of ether oxygens (including phenoxy) is 2. The Morgan fingerprint density at radius 2 is 2.04 bits per heavy atom. The van der Waals surface area contributed by atoms with Crippen molar-refractivity contribution >= 4 is 34.9 Å². The van der Waals surface area contributed by atoms with E-state index < -0.39 is 5.97 Å². The van der Waals surface area contributed by atoms with Crippen molar-refractivity contribution in [1.29, 1.82) is 0 Å². The number of esters is 1. The van der Waals surface area contributed by atoms with Gasteiger partial charge < -0.3 is 9.47 Å². The monoisotopic (exact) mass is 362 g/mol. The van der Waals surface area contributed by atoms with Crippen LogP contribution >= 0.6 is 11.8 Å². The van der Waals surface area contributed by atoms with Gasteiger partial charge in [-0.1, -0.05) is 18.2 Å². The minimum atomic E-state index is -0.425. The summed E-state index contributed by atoms with van der Waals surface area (Å²) in [5.74, 6) is 0.0334. The molecule has 0 bridgehead atoms. The predicted octanol–water partition coefficient (Wildman–Crippen LogP) is 2.94. The minimum Gasteiger partial charge on any atom is -0.481 e. The summed E-state index contributed by atoms with van der Waals surface area (Å²) in [6.07, 6.45) is 1.77. The molecule has 1 aliphatic heterocycles. The molecule has 1 amide bonds. The van der Waals surface area contributed by atoms with Crippen LogP contribution < -0.4 is 4.74 Å². The topological polar surface area (TPSA) is 68.2 Å². The van der Waals surface area contributed by atoms with Gasteiger partial charge in [-0.15, -0.1) is 0 Å². The molecule has 1 aromatic carbocycles. The summed E-state index contributed by atoms with van der Waals surface area (Å²) in [4.78, 5) is 30.6. The molecule has 0 aromatic heterocycles. The van der Waals surface area contributed by atoms with Crippen LogP contribution in [0.4, 0.5) is 0 Å². The van der Waals surface area contributed by atoms with Gasteiger partial charge in [0.2, 0.25) is 0 Å². The van der Waals surface area contributed by atoms with Crippen LogP contribution in [0.15, 0.2) is 34.2 Å². The molecule has 134 valence electrons. The molecule has 1 saturated heterocycles. The highest BCUT2D eigenvalue weighted by molar-refractivity contribution is 8.18. The third kappa shape index (κ3) is 4.85. The fourth-order valence-corrected chi connectivity index (χ4v) is 3.35. The molecule has 0 aliphatic carbocycles. The van der Waals surface area contributed by atoms with Crippen LogP contribution in [0.1, 0.15) is 26.3 Å². The number of carbonyl (C=O) groups is 2. The van der Waals surface area contributed by atoms with Crippen LogP contribution in [-0.2, 0) is 14.3 Å². The second kappa shape index (κ2) is 9.27. The number of hydrogen-bond acceptors (Lipinski definition) is 6. The smallest absolute Gasteiger partial charge is 0.344 e. The second-order valence-electron chi connectivity index (χ2n) is 5.05. The van der Waals surface area contributed by atoms with Gasteiger partial charge in [-0.25, -0.2) is 4.79 Å². The average Bonchev–Trinajstić information content (AvgIpc) is 2.89. The molecule has 0 saturated carbocycles. The number of rotatable bonds is 7. The summed E-state index contributed by atoms with van der Waals surface area (Å²) in [5, 5.41) is 0.714. The summed E-state index contributed by atoms with van der Waals surface area (Å²) in [7, 11) is 0. The highest BCUT2D eigenvalue weighted by Gasteiger charge is 2.32. The predicted molar refractivity (Wildman–Crippen MR) is 99.5 cm³/mol. The third-order valence-corrected chi connectivity index (χ3v) is 4.40. The first-order valence-corrected chi connectivity index (χ1v) is 9.05. The molecule has 1 heterocycles. The van der Waals surface area contributed by atoms with E-state index in [0.717, 1.165) is 5.56 Å². The fourth-order valence-electron chi connectivity index (χ4n) is 2.25. The number of carbonyl (C=O) groups excluding carboxylic acids is 2. The van der Waals surface area contributed by atoms with E-state index in [1.165, 1.54) is 11.8 Å². The maximum atomic E-state index is 12.5. The van der Waals surface area contributed by atoms with E-state index in [1.54, 1.807) is 24.0 Å². The Morgan fingerprint density at radius 1 is 1.28 bits per heavy atom. The molecule has 0 atom stereocenters. The van der Waals surface area contributed by atoms with Gasteiger partial charge in [-0.3, -0.25) is 14.7 Å². The van der Waals surface area contributed by atoms with E-state index in [4.69, 9.17) is 9.47 Å². The van der Waals surface area contributed by atoms with E-state index in [1.807, 2.05) is 32.0 Å². The first-order chi connectivity index (χ1) is 12.1. The molecular weight excluding hydrogens is 340 g/mol. The van der Waals surface area contributed by atoms with Gasteiger partial charge >= 0.3 is 5.97 Å². The highest BCUT2D eigenvalue weighted by Crippen LogP contribution is 2.34. The maximum Gasteiger partial charge on any atom is 0.344 e. The molecular formula is C18H22N2O4S. The van der Waals surface area contributed by atoms with Gasteiger partial charge in [0.1, 0.15) is 5.75 Å². The Bertz CT molecular complexity index is 700. The molecule has 1 aromatic rings. The molecule has 0 spiro atoms. The van der Waals surface area contributed by atoms with E-state index in [0.29, 0.717) is 35.5 Å². The van der Waals surface area contributed by atoms with Crippen molar-refractivity contribution in [2.24, 2.45) is 4.99 Å². The van der Waals surface area contributed by atoms with Crippen molar-refractivity contribution in [3.8, 4) is 5.75 Å². The second-order valence-corrected chi connectivity index (χ2v) is 6.06. The van der Waals surface area contributed by atoms with Crippen LogP contribution in [0.3, 0.4) is 0 Å². The molecule has 6 nitrogen and oxygen atoms in total. The quantitative estimate of drug-likeness (QED) is 0.551. The van der Waals surface area contributed by atoms with Gasteiger partial charge in [0.05, 0.1) is 11.5 Å². The lowest BCUT2D eigenvalue weighted by Gasteiger charge is -2.11. The molecule has 0 radical (unpaired) electrons. The van der Waals surface area contributed by atoms with E-state index in [-0.39, 0.29) is 12.5 Å². The Labute approximate surface area is 151 Å². The van der Waals surface area contributed by atoms with Gasteiger partial charge in [-0.05, 0) is 44.7 Å². The summed E-state index contributed by atoms with van der Waals surface area (Å²) >= 11 is 1.35. The maximum absolute atomic E-state index is 12.5. The number of para-hydroxylation sites is 1. The van der Waals surface area contributed by atoms with Crippen LogP contribution in [0.5, 0.6) is 5.75 Å². The number of aliphatic imine (C=N–C) groups is 1. The summed E-state index contributed by atoms with van der Waals surface area (Å²) in [6.45, 7) is 6.94. The van der Waals surface area contributed by atoms with E-state index in [9.17, 15) is 9.59 Å². The molecule has 1 fully saturated rings. The van der Waals surface area contributed by atoms with Gasteiger partial charge in [0.15, 0.2) is 11.8 Å². The van der Waals surface area contributed by atoms with Crippen molar-refractivity contribution in [2.45, 2.75) is 20.8 Å². The van der Waals surface area contributed by atoms with Crippen molar-refractivity contribution < 1.29 is 19.1 Å². The van der Waals surface area contributed by atoms with Crippen molar-refractivity contribution in [3.63, 3.8) is 0 Å². The minimum absolute atomic E-state index is 0.0695. The lowest BCUT2D eigenvalue weighted by atomic mass is 10.2. The summed E-state index contributed by atoms with van der Waals surface area (Å²) in [5.41, 5.74) is 0.733. The Kier molecular flexibility index (Phi) is 7.06. The van der Waals surface area contributed by atoms with Crippen LogP contribution in [0.2, 0.25) is 0 Å². The van der Waals surface area contributed by atoms with Crippen molar-refractivity contribution in [1.82, 2.24) is 4.90 Å². The zero-order valence-corrected chi connectivity index (χ0v) is 15.5. The number of hydrogen-bond donors (Lipinski definition) is 0. The molecule has 2 rings (SSSR count). The molecule has 7 heteroatoms. The van der Waals surface area contributed by atoms with Crippen LogP contribution in [0, 0.1) is 0 Å². The third-order valence-electron chi connectivity index (χ3n) is 3.35. The largest absolute Gasteiger partial charge is 0.481 e. The van der Waals surface area contributed by atoms with Gasteiger partial charge in [0.25, 0.3) is 5.91 Å². The zero-order valence-electron chi connectivity index (χ0n) is 14.7. The number of amides is 1. The number of amidine groups is 1. The van der Waals surface area contributed by atoms with Crippen LogP contribution in [-0.4, -0.2) is 48.2 Å². The zero-order chi connectivity index (χ0) is 18.2. The first kappa shape index (κ1) is 19.1. The van der Waals surface area contributed by atoms with Crippen LogP contribution in [0.25, 0.3) is 6.08 Å². The Balaban J connectivity index is 2.22. The average molecular weight is 362 g/mol. The first-order valence-electron chi connectivity index (χ1n) is 8.23. The summed E-state index contributed by atoms with van der Waals surface area (Å²) in [6, 6.07) is 7.27. The Hall–Kier alpha value is -2.28. The lowest BCUT2D eigenvalue weighted by Crippen LogP contribution is -2.28. The molecule has 25 heavy (non-hydrogen) atoms.